The van der Waals surface area contributed by atoms with Gasteiger partial charge >= 0.3 is 0 Å². The van der Waals surface area contributed by atoms with Crippen LogP contribution in [0.3, 0.4) is 0 Å². The van der Waals surface area contributed by atoms with E-state index in [0.717, 1.165) is 22.4 Å². The van der Waals surface area contributed by atoms with Gasteiger partial charge in [-0.25, -0.2) is 5.43 Å². The molecule has 25 heavy (non-hydrogen) atoms. The zero-order chi connectivity index (χ0) is 17.5. The van der Waals surface area contributed by atoms with Gasteiger partial charge in [0.25, 0.3) is 5.91 Å². The first-order valence-corrected chi connectivity index (χ1v) is 7.89. The molecule has 0 atom stereocenters. The predicted molar refractivity (Wildman–Crippen MR) is 99.9 cm³/mol. The van der Waals surface area contributed by atoms with E-state index < -0.39 is 0 Å². The van der Waals surface area contributed by atoms with Crippen molar-refractivity contribution in [2.45, 2.75) is 0 Å². The van der Waals surface area contributed by atoms with Gasteiger partial charge in [0.05, 0.1) is 13.3 Å². The molecular formula is C21H18N2O2. The van der Waals surface area contributed by atoms with Crippen LogP contribution in [-0.2, 0) is 0 Å². The average Bonchev–Trinajstić information content (AvgIpc) is 2.69. The Bertz CT molecular complexity index is 855. The Morgan fingerprint density at radius 1 is 0.880 bits per heavy atom. The molecule has 1 amide bonds. The van der Waals surface area contributed by atoms with Crippen LogP contribution in [0.25, 0.3) is 11.1 Å². The van der Waals surface area contributed by atoms with Crippen LogP contribution in [-0.4, -0.2) is 19.2 Å². The van der Waals surface area contributed by atoms with Crippen molar-refractivity contribution in [3.63, 3.8) is 0 Å². The van der Waals surface area contributed by atoms with Crippen molar-refractivity contribution < 1.29 is 9.53 Å². The normalized spacial score (nSPS) is 10.6. The second-order valence-corrected chi connectivity index (χ2v) is 5.42. The first kappa shape index (κ1) is 16.5. The molecule has 0 saturated carbocycles. The number of benzene rings is 3. The van der Waals surface area contributed by atoms with Gasteiger partial charge in [-0.1, -0.05) is 42.5 Å². The quantitative estimate of drug-likeness (QED) is 0.565. The van der Waals surface area contributed by atoms with Crippen molar-refractivity contribution in [2.75, 3.05) is 7.11 Å². The van der Waals surface area contributed by atoms with Crippen molar-refractivity contribution in [1.29, 1.82) is 0 Å². The Hall–Kier alpha value is -3.40. The number of hydrogen-bond acceptors (Lipinski definition) is 3. The smallest absolute Gasteiger partial charge is 0.271 e. The van der Waals surface area contributed by atoms with Crippen LogP contribution >= 0.6 is 0 Å². The number of amides is 1. The van der Waals surface area contributed by atoms with Crippen LogP contribution in [0, 0.1) is 0 Å². The molecule has 0 fully saturated rings. The minimum atomic E-state index is -0.246. The molecule has 0 aliphatic rings. The van der Waals surface area contributed by atoms with E-state index in [9.17, 15) is 4.79 Å². The monoisotopic (exact) mass is 330 g/mol. The number of carbonyl (C=O) groups is 1. The fraction of sp³-hybridized carbons (Fsp3) is 0.0476. The fourth-order valence-corrected chi connectivity index (χ4v) is 2.36. The first-order valence-electron chi connectivity index (χ1n) is 7.89. The van der Waals surface area contributed by atoms with Gasteiger partial charge < -0.3 is 4.74 Å². The number of carbonyl (C=O) groups excluding carboxylic acids is 1. The van der Waals surface area contributed by atoms with E-state index in [-0.39, 0.29) is 5.91 Å². The van der Waals surface area contributed by atoms with Crippen molar-refractivity contribution in [1.82, 2.24) is 5.43 Å². The molecule has 0 radical (unpaired) electrons. The van der Waals surface area contributed by atoms with Gasteiger partial charge in [-0.3, -0.25) is 4.79 Å². The highest BCUT2D eigenvalue weighted by Gasteiger charge is 2.04. The number of nitrogens with zero attached hydrogens (tertiary/aromatic N) is 1. The molecule has 124 valence electrons. The number of hydrazone groups is 1. The summed E-state index contributed by atoms with van der Waals surface area (Å²) in [5.74, 6) is 0.532. The Kier molecular flexibility index (Phi) is 5.22. The lowest BCUT2D eigenvalue weighted by atomic mass is 10.0. The number of rotatable bonds is 5. The van der Waals surface area contributed by atoms with Crippen molar-refractivity contribution >= 4 is 12.1 Å². The topological polar surface area (TPSA) is 50.7 Å². The lowest BCUT2D eigenvalue weighted by Crippen LogP contribution is -2.17. The van der Waals surface area contributed by atoms with Crippen molar-refractivity contribution in [3.05, 3.63) is 90.0 Å². The Morgan fingerprint density at radius 2 is 1.52 bits per heavy atom. The van der Waals surface area contributed by atoms with Gasteiger partial charge in [0.2, 0.25) is 0 Å². The maximum Gasteiger partial charge on any atom is 0.271 e. The van der Waals surface area contributed by atoms with Gasteiger partial charge in [0.15, 0.2) is 0 Å². The van der Waals surface area contributed by atoms with E-state index in [2.05, 4.69) is 10.5 Å². The zero-order valence-electron chi connectivity index (χ0n) is 13.8. The zero-order valence-corrected chi connectivity index (χ0v) is 13.8. The molecule has 0 aliphatic heterocycles. The van der Waals surface area contributed by atoms with Gasteiger partial charge in [-0.2, -0.15) is 5.10 Å². The number of nitrogens with one attached hydrogen (secondary N) is 1. The maximum atomic E-state index is 12.1. The summed E-state index contributed by atoms with van der Waals surface area (Å²) >= 11 is 0. The fourth-order valence-electron chi connectivity index (χ4n) is 2.36. The summed E-state index contributed by atoms with van der Waals surface area (Å²) < 4.78 is 5.10. The Balaban J connectivity index is 1.62. The molecular weight excluding hydrogens is 312 g/mol. The number of methoxy groups -OCH3 is 1. The molecule has 0 unspecified atom stereocenters. The third-order valence-corrected chi connectivity index (χ3v) is 3.75. The summed E-state index contributed by atoms with van der Waals surface area (Å²) in [5.41, 5.74) is 6.16. The largest absolute Gasteiger partial charge is 0.497 e. The van der Waals surface area contributed by atoms with Crippen LogP contribution in [0.2, 0.25) is 0 Å². The molecule has 0 aliphatic carbocycles. The van der Waals surface area contributed by atoms with Crippen LogP contribution in [0.15, 0.2) is 84.0 Å². The number of ether oxygens (including phenoxy) is 1. The highest BCUT2D eigenvalue weighted by molar-refractivity contribution is 5.95. The molecule has 0 heterocycles. The molecule has 0 aromatic heterocycles. The van der Waals surface area contributed by atoms with E-state index in [1.807, 2.05) is 66.7 Å². The highest BCUT2D eigenvalue weighted by atomic mass is 16.5. The lowest BCUT2D eigenvalue weighted by molar-refractivity contribution is 0.0955. The van der Waals surface area contributed by atoms with E-state index in [1.165, 1.54) is 0 Å². The summed E-state index contributed by atoms with van der Waals surface area (Å²) in [7, 11) is 1.62. The van der Waals surface area contributed by atoms with Crippen molar-refractivity contribution in [3.8, 4) is 16.9 Å². The summed E-state index contributed by atoms with van der Waals surface area (Å²) in [6.07, 6.45) is 1.59. The van der Waals surface area contributed by atoms with Crippen LogP contribution < -0.4 is 10.2 Å². The van der Waals surface area contributed by atoms with E-state index in [4.69, 9.17) is 4.74 Å². The van der Waals surface area contributed by atoms with Gasteiger partial charge in [-0.05, 0) is 53.1 Å². The molecule has 4 heteroatoms. The average molecular weight is 330 g/mol. The summed E-state index contributed by atoms with van der Waals surface area (Å²) in [4.78, 5) is 12.1. The lowest BCUT2D eigenvalue weighted by Gasteiger charge is -2.04. The van der Waals surface area contributed by atoms with Crippen LogP contribution in [0.4, 0.5) is 0 Å². The van der Waals surface area contributed by atoms with Crippen LogP contribution in [0.5, 0.6) is 5.75 Å². The molecule has 3 aromatic carbocycles. The second-order valence-electron chi connectivity index (χ2n) is 5.42. The first-order chi connectivity index (χ1) is 12.3. The molecule has 4 nitrogen and oxygen atoms in total. The molecule has 0 spiro atoms. The molecule has 1 N–H and O–H groups in total. The summed E-state index contributed by atoms with van der Waals surface area (Å²) in [6.45, 7) is 0. The van der Waals surface area contributed by atoms with Gasteiger partial charge in [0, 0.05) is 5.56 Å². The third-order valence-electron chi connectivity index (χ3n) is 3.75. The third kappa shape index (κ3) is 4.32. The number of hydrogen-bond donors (Lipinski definition) is 1. The molecule has 3 aromatic rings. The predicted octanol–water partition coefficient (Wildman–Crippen LogP) is 4.13. The summed E-state index contributed by atoms with van der Waals surface area (Å²) in [6, 6.07) is 24.9. The molecule has 0 bridgehead atoms. The van der Waals surface area contributed by atoms with Crippen LogP contribution in [0.1, 0.15) is 15.9 Å². The minimum Gasteiger partial charge on any atom is -0.497 e. The van der Waals surface area contributed by atoms with Crippen molar-refractivity contribution in [2.24, 2.45) is 5.10 Å². The van der Waals surface area contributed by atoms with Gasteiger partial charge in [-0.15, -0.1) is 0 Å². The van der Waals surface area contributed by atoms with E-state index in [0.29, 0.717) is 5.56 Å². The maximum absolute atomic E-state index is 12.1. The highest BCUT2D eigenvalue weighted by Crippen LogP contribution is 2.19. The van der Waals surface area contributed by atoms with E-state index in [1.54, 1.807) is 25.5 Å². The minimum absolute atomic E-state index is 0.246. The Labute approximate surface area is 146 Å². The molecule has 3 rings (SSSR count). The Morgan fingerprint density at radius 3 is 2.16 bits per heavy atom. The second kappa shape index (κ2) is 7.93. The summed E-state index contributed by atoms with van der Waals surface area (Å²) in [5, 5.41) is 3.99. The SMILES string of the molecule is COc1ccc(/C=N/NC(=O)c2ccc(-c3ccccc3)cc2)cc1. The van der Waals surface area contributed by atoms with E-state index >= 15 is 0 Å². The standard InChI is InChI=1S/C21H18N2O2/c1-25-20-13-7-16(8-14-20)15-22-23-21(24)19-11-9-18(10-12-19)17-5-3-2-4-6-17/h2-15H,1H3,(H,23,24)/b22-15+. The van der Waals surface area contributed by atoms with Gasteiger partial charge in [0.1, 0.15) is 5.75 Å². The molecule has 0 saturated heterocycles.